The number of nitrogens with zero attached hydrogens (tertiary/aromatic N) is 6. The predicted molar refractivity (Wildman–Crippen MR) is 294 cm³/mol. The maximum atomic E-state index is 15.7. The summed E-state index contributed by atoms with van der Waals surface area (Å²) in [5, 5.41) is 13.3. The van der Waals surface area contributed by atoms with Crippen LogP contribution in [0.15, 0.2) is 194 Å². The number of fused-ring (bicyclic) bond motifs is 20. The molecule has 13 rings (SSSR count). The molecule has 2 aliphatic rings. The molecule has 0 spiro atoms. The van der Waals surface area contributed by atoms with E-state index >= 15 is 19.2 Å². The fourth-order valence-corrected chi connectivity index (χ4v) is 9.67. The lowest BCUT2D eigenvalue weighted by Gasteiger charge is -2.20. The minimum atomic E-state index is -0.882. The first-order chi connectivity index (χ1) is 37.3. The van der Waals surface area contributed by atoms with E-state index in [2.05, 4.69) is 31.2 Å². The van der Waals surface area contributed by atoms with Crippen LogP contribution in [0.4, 0.5) is 22.7 Å². The SMILES string of the molecule is O=C(Nc1ccccc1)c1c(C(=O)Nc2ccccc2)c(C(=O)Nc2ccccc2)c2c3nc4nc(nc5[nH]c(nc6nc(nc([nH]3)c2c1C(=O)Nc1ccccc1)-c1ccccc1-6)c1ccccc51)-c1ccccc1-4. The molecule has 0 saturated heterocycles. The van der Waals surface area contributed by atoms with E-state index in [0.29, 0.717) is 67.9 Å². The van der Waals surface area contributed by atoms with Crippen LogP contribution in [-0.4, -0.2) is 63.5 Å². The van der Waals surface area contributed by atoms with Crippen LogP contribution in [0.25, 0.3) is 89.7 Å². The van der Waals surface area contributed by atoms with Gasteiger partial charge in [0.25, 0.3) is 23.6 Å². The molecule has 5 heterocycles. The summed E-state index contributed by atoms with van der Waals surface area (Å²) in [6.07, 6.45) is 0. The van der Waals surface area contributed by atoms with Crippen molar-refractivity contribution in [1.82, 2.24) is 39.9 Å². The number of carbonyl (C=O) groups is 4. The Morgan fingerprint density at radius 1 is 0.276 bits per heavy atom. The fraction of sp³-hybridized carbons (Fsp3) is 0. The molecule has 16 nitrogen and oxygen atoms in total. The van der Waals surface area contributed by atoms with Crippen LogP contribution in [0.3, 0.4) is 0 Å². The number of hydrogen-bond donors (Lipinski definition) is 6. The van der Waals surface area contributed by atoms with Crippen molar-refractivity contribution in [2.45, 2.75) is 0 Å². The number of benzene rings is 8. The number of amides is 4. The van der Waals surface area contributed by atoms with Crippen molar-refractivity contribution < 1.29 is 19.2 Å². The molecule has 4 amide bonds. The maximum Gasteiger partial charge on any atom is 0.257 e. The predicted octanol–water partition coefficient (Wildman–Crippen LogP) is 11.9. The second kappa shape index (κ2) is 18.6. The highest BCUT2D eigenvalue weighted by atomic mass is 16.2. The van der Waals surface area contributed by atoms with E-state index in [1.165, 1.54) is 0 Å². The Hall–Kier alpha value is -11.0. The average molecular weight is 991 g/mol. The summed E-state index contributed by atoms with van der Waals surface area (Å²) in [5.74, 6) is -2.37. The van der Waals surface area contributed by atoms with Crippen molar-refractivity contribution >= 4 is 90.5 Å². The molecule has 0 atom stereocenters. The van der Waals surface area contributed by atoms with Crippen LogP contribution in [-0.2, 0) is 0 Å². The van der Waals surface area contributed by atoms with E-state index in [1.54, 1.807) is 121 Å². The normalized spacial score (nSPS) is 11.4. The van der Waals surface area contributed by atoms with Crippen LogP contribution in [0.2, 0.25) is 0 Å². The minimum Gasteiger partial charge on any atom is -0.324 e. The highest BCUT2D eigenvalue weighted by Gasteiger charge is 2.37. The molecule has 0 saturated carbocycles. The van der Waals surface area contributed by atoms with Crippen LogP contribution in [0.1, 0.15) is 41.4 Å². The minimum absolute atomic E-state index is 0.0280. The van der Waals surface area contributed by atoms with Gasteiger partial charge in [0.15, 0.2) is 23.3 Å². The van der Waals surface area contributed by atoms with E-state index in [4.69, 9.17) is 29.9 Å². The number of para-hydroxylation sites is 4. The monoisotopic (exact) mass is 990 g/mol. The lowest BCUT2D eigenvalue weighted by atomic mass is 9.88. The number of rotatable bonds is 8. The molecule has 16 heteroatoms. The van der Waals surface area contributed by atoms with Gasteiger partial charge in [-0.15, -0.1) is 0 Å². The number of H-pyrrole nitrogens is 2. The molecule has 362 valence electrons. The first kappa shape index (κ1) is 44.9. The zero-order chi connectivity index (χ0) is 51.3. The zero-order valence-corrected chi connectivity index (χ0v) is 39.8. The molecule has 8 bridgehead atoms. The van der Waals surface area contributed by atoms with Gasteiger partial charge in [-0.25, -0.2) is 29.9 Å². The van der Waals surface area contributed by atoms with E-state index < -0.39 is 34.8 Å². The van der Waals surface area contributed by atoms with Gasteiger partial charge in [0, 0.05) is 66.5 Å². The van der Waals surface area contributed by atoms with Crippen molar-refractivity contribution in [2.24, 2.45) is 0 Å². The third kappa shape index (κ3) is 8.00. The lowest BCUT2D eigenvalue weighted by Crippen LogP contribution is -2.29. The van der Waals surface area contributed by atoms with Gasteiger partial charge >= 0.3 is 0 Å². The van der Waals surface area contributed by atoms with Crippen molar-refractivity contribution in [3.63, 3.8) is 0 Å². The standard InChI is InChI=1S/C60H38N12O4/c73-57(61-33-19-5-1-6-20-33)45-43-44(46(58(74)62-34-21-7-2-8-22-34)48(60(76)64-36-25-11-4-12-26-36)47(45)59(75)63-35-23-9-3-10-24-35)56-71-54-42-32-18-16-30-40(42)52(69-54)67-50-38-28-14-13-27-37(38)49(65-50)66-51-39-29-15-17-31-41(39)53(68-51)70-55(43)72-56/h1-32H,(H,61,73)(H,62,74)(H,63,75)(H,64,76)(H2,65,66,67,68,69,70,71,72). The maximum absolute atomic E-state index is 15.7. The Bertz CT molecular complexity index is 4100. The van der Waals surface area contributed by atoms with E-state index in [1.807, 2.05) is 72.8 Å². The summed E-state index contributed by atoms with van der Waals surface area (Å²) in [7, 11) is 0. The molecule has 8 aromatic carbocycles. The Morgan fingerprint density at radius 3 is 0.842 bits per heavy atom. The summed E-state index contributed by atoms with van der Waals surface area (Å²) in [5.41, 5.74) is 3.39. The highest BCUT2D eigenvalue weighted by molar-refractivity contribution is 6.35. The quantitative estimate of drug-likeness (QED) is 0.0844. The summed E-state index contributed by atoms with van der Waals surface area (Å²) in [6, 6.07) is 57.2. The van der Waals surface area contributed by atoms with Gasteiger partial charge in [-0.1, -0.05) is 146 Å². The van der Waals surface area contributed by atoms with Gasteiger partial charge < -0.3 is 31.2 Å². The molecule has 0 radical (unpaired) electrons. The van der Waals surface area contributed by atoms with Crippen LogP contribution in [0, 0.1) is 0 Å². The third-order valence-electron chi connectivity index (χ3n) is 13.0. The molecule has 11 aromatic rings. The Kier molecular flexibility index (Phi) is 11.0. The molecule has 0 fully saturated rings. The molecule has 0 unspecified atom stereocenters. The first-order valence-electron chi connectivity index (χ1n) is 24.1. The van der Waals surface area contributed by atoms with Crippen molar-refractivity contribution in [3.8, 4) is 45.6 Å². The second-order valence-electron chi connectivity index (χ2n) is 17.8. The molecular weight excluding hydrogens is 953 g/mol. The Labute approximate surface area is 431 Å². The van der Waals surface area contributed by atoms with Gasteiger partial charge in [0.2, 0.25) is 0 Å². The van der Waals surface area contributed by atoms with Crippen molar-refractivity contribution in [3.05, 3.63) is 216 Å². The molecule has 76 heavy (non-hydrogen) atoms. The first-order valence-corrected chi connectivity index (χ1v) is 24.1. The van der Waals surface area contributed by atoms with E-state index in [9.17, 15) is 0 Å². The van der Waals surface area contributed by atoms with Gasteiger partial charge in [-0.05, 0) is 48.5 Å². The lowest BCUT2D eigenvalue weighted by molar-refractivity contribution is 0.0970. The number of nitrogens with one attached hydrogen (secondary N) is 6. The molecule has 0 aliphatic carbocycles. The Balaban J connectivity index is 1.24. The topological polar surface area (TPSA) is 225 Å². The number of anilines is 4. The van der Waals surface area contributed by atoms with E-state index in [0.717, 1.165) is 10.8 Å². The molecule has 3 aromatic heterocycles. The molecule has 2 aliphatic heterocycles. The van der Waals surface area contributed by atoms with Gasteiger partial charge in [-0.3, -0.25) is 19.2 Å². The summed E-state index contributed by atoms with van der Waals surface area (Å²) in [4.78, 5) is 100. The highest BCUT2D eigenvalue weighted by Crippen LogP contribution is 2.41. The third-order valence-corrected chi connectivity index (χ3v) is 13.0. The van der Waals surface area contributed by atoms with Gasteiger partial charge in [0.05, 0.1) is 22.3 Å². The molecule has 6 N–H and O–H groups in total. The summed E-state index contributed by atoms with van der Waals surface area (Å²) >= 11 is 0. The van der Waals surface area contributed by atoms with Crippen LogP contribution < -0.4 is 21.3 Å². The summed E-state index contributed by atoms with van der Waals surface area (Å²) in [6.45, 7) is 0. The Morgan fingerprint density at radius 2 is 0.526 bits per heavy atom. The second-order valence-corrected chi connectivity index (χ2v) is 17.8. The van der Waals surface area contributed by atoms with Gasteiger partial charge in [-0.2, -0.15) is 0 Å². The average Bonchev–Trinajstić information content (AvgIpc) is 4.35. The largest absolute Gasteiger partial charge is 0.324 e. The van der Waals surface area contributed by atoms with Crippen molar-refractivity contribution in [2.75, 3.05) is 21.3 Å². The van der Waals surface area contributed by atoms with Crippen molar-refractivity contribution in [1.29, 1.82) is 0 Å². The number of aromatic amines is 2. The molecular formula is C60H38N12O4. The van der Waals surface area contributed by atoms with Gasteiger partial charge in [0.1, 0.15) is 22.6 Å². The fourth-order valence-electron chi connectivity index (χ4n) is 9.67. The van der Waals surface area contributed by atoms with Crippen LogP contribution >= 0.6 is 0 Å². The summed E-state index contributed by atoms with van der Waals surface area (Å²) < 4.78 is 0. The zero-order valence-electron chi connectivity index (χ0n) is 39.8. The number of hydrogen-bond acceptors (Lipinski definition) is 10. The smallest absolute Gasteiger partial charge is 0.257 e. The number of carbonyl (C=O) groups excluding carboxylic acids is 4. The van der Waals surface area contributed by atoms with Crippen LogP contribution in [0.5, 0.6) is 0 Å². The number of aromatic nitrogens is 8. The van der Waals surface area contributed by atoms with E-state index in [-0.39, 0.29) is 44.8 Å².